The highest BCUT2D eigenvalue weighted by Crippen LogP contribution is 2.33. The molecule has 2 saturated heterocycles. The third kappa shape index (κ3) is 7.53. The Morgan fingerprint density at radius 2 is 1.65 bits per heavy atom. The molecule has 8 atom stereocenters. The van der Waals surface area contributed by atoms with E-state index in [1.807, 2.05) is 0 Å². The molecule has 0 amide bonds. The summed E-state index contributed by atoms with van der Waals surface area (Å²) in [4.78, 5) is 12.7. The van der Waals surface area contributed by atoms with Gasteiger partial charge in [0.2, 0.25) is 0 Å². The van der Waals surface area contributed by atoms with Gasteiger partial charge >= 0.3 is 5.97 Å². The zero-order valence-electron chi connectivity index (χ0n) is 22.7. The minimum atomic E-state index is -2.06. The number of aromatic hydroxyl groups is 4. The Kier molecular flexibility index (Phi) is 10.4. The van der Waals surface area contributed by atoms with Gasteiger partial charge in [0, 0.05) is 6.08 Å². The van der Waals surface area contributed by atoms with Crippen LogP contribution in [0.15, 0.2) is 42.5 Å². The van der Waals surface area contributed by atoms with Crippen LogP contribution in [0.1, 0.15) is 11.1 Å². The summed E-state index contributed by atoms with van der Waals surface area (Å²) in [7, 11) is 0. The fraction of sp³-hybridized carbons (Fsp3) is 0.464. The number of hydrogen-bond donors (Lipinski definition) is 9. The second-order valence-electron chi connectivity index (χ2n) is 10.1. The lowest BCUT2D eigenvalue weighted by atomic mass is 9.97. The van der Waals surface area contributed by atoms with E-state index in [0.717, 1.165) is 6.08 Å². The molecule has 2 aromatic carbocycles. The van der Waals surface area contributed by atoms with Gasteiger partial charge in [-0.1, -0.05) is 12.1 Å². The van der Waals surface area contributed by atoms with Crippen molar-refractivity contribution in [2.45, 2.75) is 55.1 Å². The van der Waals surface area contributed by atoms with Crippen molar-refractivity contribution >= 4 is 12.0 Å². The number of carbonyl (C=O) groups excluding carboxylic acids is 1. The second kappa shape index (κ2) is 13.9. The third-order valence-corrected chi connectivity index (χ3v) is 7.04. The van der Waals surface area contributed by atoms with Gasteiger partial charge in [-0.05, 0) is 47.9 Å². The van der Waals surface area contributed by atoms with Gasteiger partial charge in [0.05, 0.1) is 26.4 Å². The molecule has 0 aromatic heterocycles. The zero-order chi connectivity index (χ0) is 31.3. The second-order valence-corrected chi connectivity index (χ2v) is 10.1. The summed E-state index contributed by atoms with van der Waals surface area (Å²) in [6, 6.07) is 7.98. The molecule has 15 nitrogen and oxygen atoms in total. The maximum atomic E-state index is 12.7. The van der Waals surface area contributed by atoms with E-state index in [2.05, 4.69) is 0 Å². The van der Waals surface area contributed by atoms with Gasteiger partial charge < -0.3 is 69.6 Å². The Morgan fingerprint density at radius 1 is 0.953 bits per heavy atom. The van der Waals surface area contributed by atoms with Crippen molar-refractivity contribution in [2.75, 3.05) is 26.4 Å². The number of benzene rings is 2. The van der Waals surface area contributed by atoms with Gasteiger partial charge in [-0.25, -0.2) is 4.79 Å². The van der Waals surface area contributed by atoms with Crippen molar-refractivity contribution in [3.05, 3.63) is 53.6 Å². The summed E-state index contributed by atoms with van der Waals surface area (Å²) in [6.45, 7) is -2.18. The summed E-state index contributed by atoms with van der Waals surface area (Å²) in [5, 5.41) is 89.8. The summed E-state index contributed by atoms with van der Waals surface area (Å²) in [5.41, 5.74) is -1.15. The molecule has 4 rings (SSSR count). The standard InChI is InChI=1S/C28H34O15/c29-11-20-23(42-21(35)6-3-14-1-4-16(31)18(33)9-14)24(43-27-25(37)28(38,12-30)13-40-27)22(36)26(41-20)39-8-7-15-2-5-17(32)19(34)10-15/h1-6,9-10,20,22-27,29-34,36-38H,7-8,11-13H2/b6-3+/t20-,22-,23-,24-,25+,26-,27+,28-/m1/s1. The van der Waals surface area contributed by atoms with E-state index >= 15 is 0 Å². The Balaban J connectivity index is 1.50. The molecule has 0 radical (unpaired) electrons. The fourth-order valence-electron chi connectivity index (χ4n) is 4.54. The summed E-state index contributed by atoms with van der Waals surface area (Å²) >= 11 is 0. The Hall–Kier alpha value is -3.51. The number of ether oxygens (including phenoxy) is 5. The zero-order valence-corrected chi connectivity index (χ0v) is 22.7. The van der Waals surface area contributed by atoms with Crippen LogP contribution in [0.5, 0.6) is 23.0 Å². The first-order valence-electron chi connectivity index (χ1n) is 13.2. The predicted octanol–water partition coefficient (Wildman–Crippen LogP) is -1.40. The molecule has 43 heavy (non-hydrogen) atoms. The molecule has 0 spiro atoms. The van der Waals surface area contributed by atoms with Gasteiger partial charge in [-0.2, -0.15) is 0 Å². The van der Waals surface area contributed by atoms with Gasteiger partial charge in [0.25, 0.3) is 0 Å². The molecular formula is C28H34O15. The molecule has 0 saturated carbocycles. The molecule has 0 aliphatic carbocycles. The van der Waals surface area contributed by atoms with Crippen LogP contribution in [-0.2, 0) is 34.9 Å². The molecule has 15 heteroatoms. The van der Waals surface area contributed by atoms with E-state index in [4.69, 9.17) is 23.7 Å². The maximum absolute atomic E-state index is 12.7. The van der Waals surface area contributed by atoms with Crippen LogP contribution < -0.4 is 0 Å². The number of aliphatic hydroxyl groups is 5. The van der Waals surface area contributed by atoms with Crippen molar-refractivity contribution in [1.82, 2.24) is 0 Å². The summed E-state index contributed by atoms with van der Waals surface area (Å²) in [5.74, 6) is -2.39. The first-order chi connectivity index (χ1) is 20.4. The monoisotopic (exact) mass is 610 g/mol. The van der Waals surface area contributed by atoms with Gasteiger partial charge in [0.15, 0.2) is 41.7 Å². The quantitative estimate of drug-likeness (QED) is 0.0806. The number of esters is 1. The average molecular weight is 611 g/mol. The maximum Gasteiger partial charge on any atom is 0.331 e. The van der Waals surface area contributed by atoms with Crippen LogP contribution in [0.25, 0.3) is 6.08 Å². The van der Waals surface area contributed by atoms with Crippen LogP contribution >= 0.6 is 0 Å². The first kappa shape index (κ1) is 32.4. The largest absolute Gasteiger partial charge is 0.504 e. The molecule has 2 aliphatic heterocycles. The molecule has 2 fully saturated rings. The van der Waals surface area contributed by atoms with E-state index in [9.17, 15) is 50.8 Å². The first-order valence-corrected chi connectivity index (χ1v) is 13.2. The van der Waals surface area contributed by atoms with E-state index in [0.29, 0.717) is 11.1 Å². The van der Waals surface area contributed by atoms with E-state index < -0.39 is 80.2 Å². The van der Waals surface area contributed by atoms with E-state index in [-0.39, 0.29) is 30.3 Å². The average Bonchev–Trinajstić information content (AvgIpc) is 3.27. The van der Waals surface area contributed by atoms with Crippen molar-refractivity contribution < 1.29 is 74.4 Å². The normalized spacial score (nSPS) is 31.0. The number of phenolic OH excluding ortho intramolecular Hbond substituents is 4. The van der Waals surface area contributed by atoms with Crippen LogP contribution in [0, 0.1) is 0 Å². The topological polar surface area (TPSA) is 245 Å². The van der Waals surface area contributed by atoms with Gasteiger partial charge in [-0.3, -0.25) is 0 Å². The predicted molar refractivity (Wildman–Crippen MR) is 143 cm³/mol. The van der Waals surface area contributed by atoms with Crippen molar-refractivity contribution in [3.63, 3.8) is 0 Å². The number of rotatable bonds is 11. The molecule has 2 aliphatic rings. The lowest BCUT2D eigenvalue weighted by Crippen LogP contribution is -2.62. The molecular weight excluding hydrogens is 576 g/mol. The highest BCUT2D eigenvalue weighted by Gasteiger charge is 2.54. The Labute approximate surface area is 245 Å². The molecule has 9 N–H and O–H groups in total. The van der Waals surface area contributed by atoms with Crippen molar-refractivity contribution in [3.8, 4) is 23.0 Å². The molecule has 2 aromatic rings. The van der Waals surface area contributed by atoms with E-state index in [1.165, 1.54) is 36.4 Å². The minimum absolute atomic E-state index is 0.0731. The highest BCUT2D eigenvalue weighted by atomic mass is 16.7. The molecule has 0 bridgehead atoms. The number of aliphatic hydroxyl groups excluding tert-OH is 4. The number of hydrogen-bond acceptors (Lipinski definition) is 15. The lowest BCUT2D eigenvalue weighted by Gasteiger charge is -2.44. The van der Waals surface area contributed by atoms with Gasteiger partial charge in [0.1, 0.15) is 30.0 Å². The van der Waals surface area contributed by atoms with Gasteiger partial charge in [-0.15, -0.1) is 0 Å². The number of carbonyl (C=O) groups is 1. The molecule has 2 heterocycles. The smallest absolute Gasteiger partial charge is 0.331 e. The minimum Gasteiger partial charge on any atom is -0.504 e. The summed E-state index contributed by atoms with van der Waals surface area (Å²) < 4.78 is 27.8. The van der Waals surface area contributed by atoms with Crippen LogP contribution in [0.2, 0.25) is 0 Å². The Bertz CT molecular complexity index is 1280. The van der Waals surface area contributed by atoms with Crippen LogP contribution in [0.4, 0.5) is 0 Å². The van der Waals surface area contributed by atoms with E-state index in [1.54, 1.807) is 6.07 Å². The summed E-state index contributed by atoms with van der Waals surface area (Å²) in [6.07, 6.45) is -8.43. The lowest BCUT2D eigenvalue weighted by molar-refractivity contribution is -0.330. The SMILES string of the molecule is O=C(/C=C/c1ccc(O)c(O)c1)O[C@H]1[C@H](O[C@@H]2OC[C@](O)(CO)[C@H]2O)[C@@H](O)[C@H](OCCc2ccc(O)c(O)c2)O[C@@H]1CO. The third-order valence-electron chi connectivity index (χ3n) is 7.04. The highest BCUT2D eigenvalue weighted by molar-refractivity contribution is 5.87. The number of phenols is 4. The molecule has 0 unspecified atom stereocenters. The van der Waals surface area contributed by atoms with Crippen molar-refractivity contribution in [2.24, 2.45) is 0 Å². The van der Waals surface area contributed by atoms with Crippen molar-refractivity contribution in [1.29, 1.82) is 0 Å². The van der Waals surface area contributed by atoms with Crippen LogP contribution in [-0.4, -0.2) is 127 Å². The fourth-order valence-corrected chi connectivity index (χ4v) is 4.54. The Morgan fingerprint density at radius 3 is 2.28 bits per heavy atom. The molecule has 236 valence electrons. The van der Waals surface area contributed by atoms with Crippen LogP contribution in [0.3, 0.4) is 0 Å².